The molecule has 0 spiro atoms. The molecule has 0 amide bonds. The fraction of sp³-hybridized carbons (Fsp3) is 0.400. The van der Waals surface area contributed by atoms with Crippen molar-refractivity contribution < 1.29 is 8.42 Å². The van der Waals surface area contributed by atoms with E-state index < -0.39 is 9.84 Å². The Hall–Kier alpha value is -1.33. The second kappa shape index (κ2) is 5.46. The molecule has 0 N–H and O–H groups in total. The molecule has 1 aliphatic heterocycles. The van der Waals surface area contributed by atoms with Gasteiger partial charge in [0.15, 0.2) is 9.84 Å². The first-order chi connectivity index (χ1) is 9.98. The molecule has 1 aromatic carbocycles. The van der Waals surface area contributed by atoms with E-state index in [9.17, 15) is 8.42 Å². The normalized spacial score (nSPS) is 20.8. The van der Waals surface area contributed by atoms with Crippen molar-refractivity contribution >= 4 is 21.4 Å². The third-order valence-electron chi connectivity index (χ3n) is 3.84. The van der Waals surface area contributed by atoms with Gasteiger partial charge in [-0.2, -0.15) is 5.10 Å². The Labute approximate surface area is 129 Å². The standard InChI is InChI=1S/C15H17ClN2O2S/c1-2-13-9-15(11-3-5-12(16)6-4-11)18(17-13)14-7-8-21(19,20)10-14/h3-6,9,14H,2,7-8,10H2,1H3. The van der Waals surface area contributed by atoms with Crippen LogP contribution in [0.1, 0.15) is 25.1 Å². The molecule has 21 heavy (non-hydrogen) atoms. The van der Waals surface area contributed by atoms with Crippen LogP contribution in [-0.4, -0.2) is 29.7 Å². The van der Waals surface area contributed by atoms with E-state index in [0.717, 1.165) is 23.4 Å². The summed E-state index contributed by atoms with van der Waals surface area (Å²) in [5.74, 6) is 0.428. The molecule has 2 heterocycles. The van der Waals surface area contributed by atoms with Crippen molar-refractivity contribution in [2.24, 2.45) is 0 Å². The van der Waals surface area contributed by atoms with Crippen LogP contribution >= 0.6 is 11.6 Å². The molecule has 2 aromatic rings. The van der Waals surface area contributed by atoms with Crippen molar-refractivity contribution in [2.45, 2.75) is 25.8 Å². The minimum atomic E-state index is -2.93. The van der Waals surface area contributed by atoms with Crippen LogP contribution in [0.15, 0.2) is 30.3 Å². The predicted octanol–water partition coefficient (Wildman–Crippen LogP) is 3.13. The zero-order valence-electron chi connectivity index (χ0n) is 11.8. The molecule has 3 rings (SSSR count). The van der Waals surface area contributed by atoms with Crippen LogP contribution in [0.2, 0.25) is 5.02 Å². The van der Waals surface area contributed by atoms with Gasteiger partial charge in [-0.1, -0.05) is 30.7 Å². The fourth-order valence-electron chi connectivity index (χ4n) is 2.70. The van der Waals surface area contributed by atoms with Crippen LogP contribution in [0.5, 0.6) is 0 Å². The molecular formula is C15H17ClN2O2S. The summed E-state index contributed by atoms with van der Waals surface area (Å²) in [6, 6.07) is 9.53. The predicted molar refractivity (Wildman–Crippen MR) is 84.4 cm³/mol. The molecule has 1 saturated heterocycles. The highest BCUT2D eigenvalue weighted by Crippen LogP contribution is 2.30. The Balaban J connectivity index is 2.04. The van der Waals surface area contributed by atoms with Gasteiger partial charge in [-0.05, 0) is 36.6 Å². The van der Waals surface area contributed by atoms with Crippen molar-refractivity contribution in [2.75, 3.05) is 11.5 Å². The third-order valence-corrected chi connectivity index (χ3v) is 5.85. The summed E-state index contributed by atoms with van der Waals surface area (Å²) in [5, 5.41) is 5.28. The van der Waals surface area contributed by atoms with Gasteiger partial charge < -0.3 is 0 Å². The molecule has 1 atom stereocenters. The minimum Gasteiger partial charge on any atom is -0.260 e. The van der Waals surface area contributed by atoms with Crippen molar-refractivity contribution in [1.82, 2.24) is 9.78 Å². The summed E-state index contributed by atoms with van der Waals surface area (Å²) in [6.07, 6.45) is 1.46. The van der Waals surface area contributed by atoms with Crippen molar-refractivity contribution in [3.63, 3.8) is 0 Å². The SMILES string of the molecule is CCc1cc(-c2ccc(Cl)cc2)n(C2CCS(=O)(=O)C2)n1. The zero-order chi connectivity index (χ0) is 15.0. The lowest BCUT2D eigenvalue weighted by atomic mass is 10.1. The minimum absolute atomic E-state index is 0.0685. The zero-order valence-corrected chi connectivity index (χ0v) is 13.4. The molecule has 112 valence electrons. The number of hydrogen-bond acceptors (Lipinski definition) is 3. The molecule has 6 heteroatoms. The second-order valence-electron chi connectivity index (χ2n) is 5.38. The Kier molecular flexibility index (Phi) is 3.80. The molecular weight excluding hydrogens is 308 g/mol. The van der Waals surface area contributed by atoms with E-state index >= 15 is 0 Å². The first kappa shape index (κ1) is 14.6. The molecule has 0 bridgehead atoms. The van der Waals surface area contributed by atoms with Gasteiger partial charge in [-0.15, -0.1) is 0 Å². The maximum atomic E-state index is 11.7. The lowest BCUT2D eigenvalue weighted by Crippen LogP contribution is -2.13. The summed E-state index contributed by atoms with van der Waals surface area (Å²) in [7, 11) is -2.93. The number of aromatic nitrogens is 2. The highest BCUT2D eigenvalue weighted by atomic mass is 35.5. The fourth-order valence-corrected chi connectivity index (χ4v) is 4.52. The number of hydrogen-bond donors (Lipinski definition) is 0. The summed E-state index contributed by atoms with van der Waals surface area (Å²) < 4.78 is 25.3. The van der Waals surface area contributed by atoms with Gasteiger partial charge in [0.2, 0.25) is 0 Å². The molecule has 0 radical (unpaired) electrons. The Morgan fingerprint density at radius 2 is 2.05 bits per heavy atom. The van der Waals surface area contributed by atoms with Crippen LogP contribution in [0.3, 0.4) is 0 Å². The Morgan fingerprint density at radius 1 is 1.33 bits per heavy atom. The smallest absolute Gasteiger partial charge is 0.152 e. The van der Waals surface area contributed by atoms with Crippen LogP contribution < -0.4 is 0 Å². The molecule has 1 aromatic heterocycles. The van der Waals surface area contributed by atoms with Gasteiger partial charge in [-0.3, -0.25) is 4.68 Å². The molecule has 1 aliphatic rings. The molecule has 1 fully saturated rings. The Morgan fingerprint density at radius 3 is 2.62 bits per heavy atom. The van der Waals surface area contributed by atoms with Gasteiger partial charge in [-0.25, -0.2) is 8.42 Å². The molecule has 0 saturated carbocycles. The highest BCUT2D eigenvalue weighted by molar-refractivity contribution is 7.91. The summed E-state index contributed by atoms with van der Waals surface area (Å²) in [5.41, 5.74) is 2.95. The summed E-state index contributed by atoms with van der Waals surface area (Å²) in [6.45, 7) is 2.05. The van der Waals surface area contributed by atoms with Crippen LogP contribution in [0.4, 0.5) is 0 Å². The number of sulfone groups is 1. The van der Waals surface area contributed by atoms with Gasteiger partial charge in [0.25, 0.3) is 0 Å². The Bertz CT molecular complexity index is 750. The average molecular weight is 325 g/mol. The quantitative estimate of drug-likeness (QED) is 0.871. The lowest BCUT2D eigenvalue weighted by Gasteiger charge is -2.13. The molecule has 1 unspecified atom stereocenters. The second-order valence-corrected chi connectivity index (χ2v) is 8.05. The molecule has 4 nitrogen and oxygen atoms in total. The number of benzene rings is 1. The number of aryl methyl sites for hydroxylation is 1. The lowest BCUT2D eigenvalue weighted by molar-refractivity contribution is 0.500. The van der Waals surface area contributed by atoms with Gasteiger partial charge in [0.1, 0.15) is 0 Å². The van der Waals surface area contributed by atoms with Crippen LogP contribution in [0, 0.1) is 0 Å². The number of halogens is 1. The van der Waals surface area contributed by atoms with E-state index in [0.29, 0.717) is 11.4 Å². The van der Waals surface area contributed by atoms with Crippen LogP contribution in [0.25, 0.3) is 11.3 Å². The first-order valence-electron chi connectivity index (χ1n) is 7.03. The van der Waals surface area contributed by atoms with Gasteiger partial charge in [0.05, 0.1) is 28.9 Å². The highest BCUT2D eigenvalue weighted by Gasteiger charge is 2.31. The first-order valence-corrected chi connectivity index (χ1v) is 9.23. The number of nitrogens with zero attached hydrogens (tertiary/aromatic N) is 2. The van der Waals surface area contributed by atoms with E-state index in [-0.39, 0.29) is 17.5 Å². The van der Waals surface area contributed by atoms with E-state index in [4.69, 9.17) is 11.6 Å². The number of rotatable bonds is 3. The van der Waals surface area contributed by atoms with E-state index in [1.165, 1.54) is 0 Å². The van der Waals surface area contributed by atoms with E-state index in [1.807, 2.05) is 41.9 Å². The van der Waals surface area contributed by atoms with Crippen molar-refractivity contribution in [1.29, 1.82) is 0 Å². The van der Waals surface area contributed by atoms with Gasteiger partial charge >= 0.3 is 0 Å². The molecule has 0 aliphatic carbocycles. The summed E-state index contributed by atoms with van der Waals surface area (Å²) in [4.78, 5) is 0. The largest absolute Gasteiger partial charge is 0.260 e. The maximum absolute atomic E-state index is 11.7. The maximum Gasteiger partial charge on any atom is 0.152 e. The van der Waals surface area contributed by atoms with Crippen LogP contribution in [-0.2, 0) is 16.3 Å². The average Bonchev–Trinajstić information content (AvgIpc) is 3.02. The summed E-state index contributed by atoms with van der Waals surface area (Å²) >= 11 is 5.93. The van der Waals surface area contributed by atoms with Crippen molar-refractivity contribution in [3.8, 4) is 11.3 Å². The van der Waals surface area contributed by atoms with Crippen molar-refractivity contribution in [3.05, 3.63) is 41.0 Å². The van der Waals surface area contributed by atoms with E-state index in [2.05, 4.69) is 5.10 Å². The monoisotopic (exact) mass is 324 g/mol. The third kappa shape index (κ3) is 2.99. The van der Waals surface area contributed by atoms with E-state index in [1.54, 1.807) is 0 Å². The van der Waals surface area contributed by atoms with Gasteiger partial charge in [0, 0.05) is 5.02 Å². The topological polar surface area (TPSA) is 52.0 Å².